The molecule has 2 N–H and O–H groups in total. The maximum Gasteiger partial charge on any atom is 0.323 e. The summed E-state index contributed by atoms with van der Waals surface area (Å²) in [6.07, 6.45) is 2.38. The minimum Gasteiger partial charge on any atom is -0.464 e. The fraction of sp³-hybridized carbons (Fsp3) is 0.455. The van der Waals surface area contributed by atoms with Crippen LogP contribution in [0.3, 0.4) is 0 Å². The molecule has 0 saturated carbocycles. The summed E-state index contributed by atoms with van der Waals surface area (Å²) < 4.78 is 42.0. The second-order valence-electron chi connectivity index (χ2n) is 13.1. The fourth-order valence-electron chi connectivity index (χ4n) is 5.17. The van der Waals surface area contributed by atoms with Gasteiger partial charge in [-0.1, -0.05) is 63.1 Å². The van der Waals surface area contributed by atoms with Crippen LogP contribution in [0.4, 0.5) is 10.2 Å². The largest absolute Gasteiger partial charge is 0.464 e. The molecule has 5 rings (SSSR count). The number of aliphatic hydroxyl groups excluding tert-OH is 1. The van der Waals surface area contributed by atoms with E-state index < -0.39 is 49.4 Å². The number of carbonyl (C=O) groups excluding carboxylic acids is 1. The number of alkyl halides is 1. The average Bonchev–Trinajstić information content (AvgIpc) is 3.55. The molecule has 4 aromatic rings. The van der Waals surface area contributed by atoms with Crippen LogP contribution in [0, 0.1) is 24.7 Å². The number of nitrogens with one attached hydrogen (secondary N) is 1. The summed E-state index contributed by atoms with van der Waals surface area (Å²) in [6, 6.07) is 12.1. The van der Waals surface area contributed by atoms with Gasteiger partial charge in [0.15, 0.2) is 23.2 Å². The lowest BCUT2D eigenvalue weighted by molar-refractivity contribution is -0.148. The molecule has 48 heavy (non-hydrogen) atoms. The Morgan fingerprint density at radius 2 is 1.98 bits per heavy atom. The summed E-state index contributed by atoms with van der Waals surface area (Å²) in [7, 11) is 3.60. The second-order valence-corrected chi connectivity index (χ2v) is 16.2. The first-order chi connectivity index (χ1) is 22.5. The number of nitrogens with zero attached hydrogens (tertiary/aromatic N) is 5. The molecule has 3 heterocycles. The SMILES string of the molecule is C#C[C@@]1(F)[C@H](O)[C@@H](CO[P@@](=S)(N[C@H](C)C(=O)OCC(C)(C)C)Oc2cccc3ccccc23)O[C@H]1n1cnc2c(N(C)C)nc(C)nc21. The highest BCUT2D eigenvalue weighted by Gasteiger charge is 2.58. The Bertz CT molecular complexity index is 1910. The average molecular weight is 699 g/mol. The van der Waals surface area contributed by atoms with Gasteiger partial charge in [-0.15, -0.1) is 6.42 Å². The van der Waals surface area contributed by atoms with Crippen molar-refractivity contribution in [2.45, 2.75) is 64.8 Å². The maximum atomic E-state index is 16.5. The molecule has 2 aromatic heterocycles. The van der Waals surface area contributed by atoms with Gasteiger partial charge in [-0.3, -0.25) is 9.36 Å². The Morgan fingerprint density at radius 1 is 1.27 bits per heavy atom. The van der Waals surface area contributed by atoms with E-state index in [1.54, 1.807) is 45.0 Å². The quantitative estimate of drug-likeness (QED) is 0.126. The van der Waals surface area contributed by atoms with E-state index in [1.807, 2.05) is 51.1 Å². The lowest BCUT2D eigenvalue weighted by atomic mass is 9.97. The number of terminal acetylenes is 1. The van der Waals surface area contributed by atoms with Crippen molar-refractivity contribution in [1.29, 1.82) is 0 Å². The van der Waals surface area contributed by atoms with Crippen LogP contribution in [-0.4, -0.2) is 81.8 Å². The van der Waals surface area contributed by atoms with Gasteiger partial charge in [-0.25, -0.2) is 24.4 Å². The Hall–Kier alpha value is -3.70. The highest BCUT2D eigenvalue weighted by atomic mass is 32.5. The van der Waals surface area contributed by atoms with E-state index in [4.69, 9.17) is 36.8 Å². The summed E-state index contributed by atoms with van der Waals surface area (Å²) in [6.45, 7) is 5.24. The Balaban J connectivity index is 1.43. The molecule has 0 bridgehead atoms. The number of imidazole rings is 1. The number of carbonyl (C=O) groups is 1. The number of fused-ring (bicyclic) bond motifs is 2. The molecule has 15 heteroatoms. The maximum absolute atomic E-state index is 16.5. The fourth-order valence-corrected chi connectivity index (χ4v) is 7.59. The molecule has 0 unspecified atom stereocenters. The van der Waals surface area contributed by atoms with Crippen LogP contribution in [0.5, 0.6) is 5.75 Å². The molecule has 1 aliphatic heterocycles. The number of ether oxygens (including phenoxy) is 2. The summed E-state index contributed by atoms with van der Waals surface area (Å²) >= 11 is 5.92. The van der Waals surface area contributed by atoms with E-state index in [0.29, 0.717) is 22.9 Å². The van der Waals surface area contributed by atoms with Gasteiger partial charge in [0, 0.05) is 19.5 Å². The van der Waals surface area contributed by atoms with E-state index in [1.165, 1.54) is 10.9 Å². The molecule has 1 saturated heterocycles. The van der Waals surface area contributed by atoms with Crippen LogP contribution in [0.25, 0.3) is 21.9 Å². The number of aromatic nitrogens is 4. The Labute approximate surface area is 284 Å². The van der Waals surface area contributed by atoms with Crippen LogP contribution in [0.15, 0.2) is 48.8 Å². The highest BCUT2D eigenvalue weighted by molar-refractivity contribution is 8.09. The lowest BCUT2D eigenvalue weighted by Gasteiger charge is -2.28. The summed E-state index contributed by atoms with van der Waals surface area (Å²) in [5.74, 6) is 2.87. The second kappa shape index (κ2) is 13.7. The van der Waals surface area contributed by atoms with Crippen molar-refractivity contribution in [3.8, 4) is 18.1 Å². The number of hydrogen-bond donors (Lipinski definition) is 2. The highest BCUT2D eigenvalue weighted by Crippen LogP contribution is 2.49. The molecular formula is C33H40FN6O6PS. The van der Waals surface area contributed by atoms with Crippen LogP contribution >= 0.6 is 6.64 Å². The number of aryl methyl sites for hydroxylation is 1. The number of halogens is 1. The third-order valence-electron chi connectivity index (χ3n) is 7.59. The number of hydrogen-bond acceptors (Lipinski definition) is 11. The molecule has 0 radical (unpaired) electrons. The van der Waals surface area contributed by atoms with Crippen LogP contribution in [0.1, 0.15) is 39.7 Å². The van der Waals surface area contributed by atoms with Gasteiger partial charge in [0.2, 0.25) is 5.67 Å². The predicted octanol–water partition coefficient (Wildman–Crippen LogP) is 4.84. The lowest BCUT2D eigenvalue weighted by Crippen LogP contribution is -2.42. The van der Waals surface area contributed by atoms with Gasteiger partial charge in [0.1, 0.15) is 29.8 Å². The van der Waals surface area contributed by atoms with E-state index in [2.05, 4.69) is 26.0 Å². The van der Waals surface area contributed by atoms with Crippen molar-refractivity contribution in [2.24, 2.45) is 5.41 Å². The van der Waals surface area contributed by atoms with Crippen molar-refractivity contribution < 1.29 is 32.8 Å². The van der Waals surface area contributed by atoms with Gasteiger partial charge in [-0.2, -0.15) is 0 Å². The standard InChI is InChI=1S/C33H40FN6O6PS/c1-9-33(34)27(41)25(45-31(33)40-19-35-26-28(39(7)8)36-21(3)37-29(26)40)17-44-47(48,38-20(2)30(42)43-18-32(4,5)6)46-24-16-12-14-22-13-10-11-15-23(22)24/h1,10-16,19-20,25,27,31,41H,17-18H2,2-8H3,(H,38,48)/t20-,25-,27-,31-,33-,47+/m1/s1. The van der Waals surface area contributed by atoms with E-state index >= 15 is 4.39 Å². The van der Waals surface area contributed by atoms with Crippen LogP contribution in [0.2, 0.25) is 0 Å². The molecule has 256 valence electrons. The van der Waals surface area contributed by atoms with Crippen molar-refractivity contribution in [3.63, 3.8) is 0 Å². The van der Waals surface area contributed by atoms with Crippen molar-refractivity contribution in [2.75, 3.05) is 32.2 Å². The first-order valence-electron chi connectivity index (χ1n) is 15.3. The smallest absolute Gasteiger partial charge is 0.323 e. The van der Waals surface area contributed by atoms with Gasteiger partial charge in [0.25, 0.3) is 0 Å². The molecule has 0 spiro atoms. The Kier molecular flexibility index (Phi) is 10.1. The molecule has 0 amide bonds. The molecular weight excluding hydrogens is 658 g/mol. The van der Waals surface area contributed by atoms with Crippen molar-refractivity contribution in [1.82, 2.24) is 24.6 Å². The zero-order chi connectivity index (χ0) is 35.0. The molecule has 12 nitrogen and oxygen atoms in total. The minimum atomic E-state index is -3.62. The number of esters is 1. The number of aliphatic hydroxyl groups is 1. The number of rotatable bonds is 11. The zero-order valence-corrected chi connectivity index (χ0v) is 29.6. The van der Waals surface area contributed by atoms with Crippen LogP contribution < -0.4 is 14.5 Å². The summed E-state index contributed by atoms with van der Waals surface area (Å²) in [4.78, 5) is 28.0. The Morgan fingerprint density at radius 3 is 2.67 bits per heavy atom. The normalized spacial score (nSPS) is 23.0. The molecule has 1 aliphatic rings. The molecule has 1 fully saturated rings. The topological polar surface area (TPSA) is 133 Å². The molecule has 0 aliphatic carbocycles. The number of anilines is 1. The minimum absolute atomic E-state index is 0.184. The molecule has 2 aromatic carbocycles. The first kappa shape index (κ1) is 35.6. The summed E-state index contributed by atoms with van der Waals surface area (Å²) in [5, 5.41) is 15.9. The van der Waals surface area contributed by atoms with Crippen molar-refractivity contribution in [3.05, 3.63) is 54.6 Å². The van der Waals surface area contributed by atoms with Gasteiger partial charge < -0.3 is 28.5 Å². The monoisotopic (exact) mass is 698 g/mol. The van der Waals surface area contributed by atoms with Gasteiger partial charge in [0.05, 0.1) is 19.5 Å². The third-order valence-corrected chi connectivity index (χ3v) is 10.1. The predicted molar refractivity (Wildman–Crippen MR) is 185 cm³/mol. The van der Waals surface area contributed by atoms with E-state index in [9.17, 15) is 9.90 Å². The first-order valence-corrected chi connectivity index (χ1v) is 17.9. The van der Waals surface area contributed by atoms with Crippen molar-refractivity contribution >= 4 is 52.2 Å². The zero-order valence-electron chi connectivity index (χ0n) is 27.9. The van der Waals surface area contributed by atoms with Gasteiger partial charge >= 0.3 is 12.6 Å². The van der Waals surface area contributed by atoms with E-state index in [-0.39, 0.29) is 17.7 Å². The van der Waals surface area contributed by atoms with Gasteiger partial charge in [-0.05, 0) is 42.5 Å². The summed E-state index contributed by atoms with van der Waals surface area (Å²) in [5.41, 5.74) is -2.28. The molecule has 6 atom stereocenters. The van der Waals surface area contributed by atoms with E-state index in [0.717, 1.165) is 10.8 Å². The third kappa shape index (κ3) is 7.32. The van der Waals surface area contributed by atoms with Crippen LogP contribution in [-0.2, 0) is 30.6 Å². The number of benzene rings is 2.